The van der Waals surface area contributed by atoms with Crippen molar-refractivity contribution in [1.82, 2.24) is 9.88 Å². The Kier molecular flexibility index (Phi) is 7.13. The summed E-state index contributed by atoms with van der Waals surface area (Å²) in [5.41, 5.74) is 2.74. The van der Waals surface area contributed by atoms with Gasteiger partial charge in [0.2, 0.25) is 0 Å². The average molecular weight is 437 g/mol. The first-order valence-electron chi connectivity index (χ1n) is 10.7. The zero-order chi connectivity index (χ0) is 22.9. The first-order chi connectivity index (χ1) is 16.2. The maximum Gasteiger partial charge on any atom is 0.268 e. The second-order valence-corrected chi connectivity index (χ2v) is 7.45. The summed E-state index contributed by atoms with van der Waals surface area (Å²) >= 11 is 0. The first-order valence-corrected chi connectivity index (χ1v) is 10.7. The smallest absolute Gasteiger partial charge is 0.268 e. The molecule has 0 radical (unpaired) electrons. The molecule has 1 N–H and O–H groups in total. The minimum absolute atomic E-state index is 0.233. The largest absolute Gasteiger partial charge is 0.489 e. The monoisotopic (exact) mass is 436 g/mol. The van der Waals surface area contributed by atoms with E-state index >= 15 is 0 Å². The number of pyridine rings is 1. The van der Waals surface area contributed by atoms with Crippen LogP contribution in [0.1, 0.15) is 16.7 Å². The number of carbonyl (C=O) groups is 1. The molecule has 5 heteroatoms. The van der Waals surface area contributed by atoms with Crippen molar-refractivity contribution in [1.29, 1.82) is 0 Å². The Hall–Kier alpha value is -4.38. The lowest BCUT2D eigenvalue weighted by atomic mass is 10.1. The van der Waals surface area contributed by atoms with E-state index in [9.17, 15) is 9.59 Å². The Morgan fingerprint density at radius 2 is 1.52 bits per heavy atom. The van der Waals surface area contributed by atoms with Gasteiger partial charge in [0.25, 0.3) is 11.5 Å². The highest BCUT2D eigenvalue weighted by molar-refractivity contribution is 6.18. The van der Waals surface area contributed by atoms with E-state index < -0.39 is 0 Å². The van der Waals surface area contributed by atoms with Crippen LogP contribution in [0.2, 0.25) is 0 Å². The summed E-state index contributed by atoms with van der Waals surface area (Å²) < 4.78 is 7.26. The lowest BCUT2D eigenvalue weighted by molar-refractivity contribution is -0.116. The molecule has 164 valence electrons. The number of hydrogen-bond acceptors (Lipinski definition) is 3. The molecule has 33 heavy (non-hydrogen) atoms. The number of nitrogens with one attached hydrogen (secondary N) is 1. The fraction of sp³-hybridized carbons (Fsp3) is 0.0714. The third-order valence-electron chi connectivity index (χ3n) is 5.02. The molecule has 0 fully saturated rings. The predicted octanol–water partition coefficient (Wildman–Crippen LogP) is 4.74. The van der Waals surface area contributed by atoms with Crippen LogP contribution in [-0.2, 0) is 17.9 Å². The number of ether oxygens (including phenoxy) is 1. The maximum atomic E-state index is 13.1. The molecule has 1 aromatic heterocycles. The fourth-order valence-electron chi connectivity index (χ4n) is 3.33. The van der Waals surface area contributed by atoms with E-state index in [1.165, 1.54) is 10.6 Å². The number of benzene rings is 3. The van der Waals surface area contributed by atoms with Crippen molar-refractivity contribution in [3.63, 3.8) is 0 Å². The van der Waals surface area contributed by atoms with Crippen molar-refractivity contribution in [3.05, 3.63) is 136 Å². The van der Waals surface area contributed by atoms with Crippen LogP contribution in [0.25, 0.3) is 11.8 Å². The first kappa shape index (κ1) is 21.8. The molecule has 0 saturated heterocycles. The summed E-state index contributed by atoms with van der Waals surface area (Å²) in [6.07, 6.45) is 3.28. The van der Waals surface area contributed by atoms with E-state index in [2.05, 4.69) is 5.32 Å². The van der Waals surface area contributed by atoms with Gasteiger partial charge >= 0.3 is 0 Å². The normalized spacial score (nSPS) is 11.1. The number of carbonyl (C=O) groups excluding carboxylic acids is 1. The zero-order valence-corrected chi connectivity index (χ0v) is 18.1. The third-order valence-corrected chi connectivity index (χ3v) is 5.02. The third kappa shape index (κ3) is 6.08. The van der Waals surface area contributed by atoms with Gasteiger partial charge in [-0.3, -0.25) is 14.2 Å². The molecule has 3 aromatic carbocycles. The highest BCUT2D eigenvalue weighted by atomic mass is 16.5. The van der Waals surface area contributed by atoms with Crippen LogP contribution < -0.4 is 15.6 Å². The van der Waals surface area contributed by atoms with Crippen LogP contribution in [0.15, 0.2) is 114 Å². The molecule has 0 saturated carbocycles. The Morgan fingerprint density at radius 3 is 2.24 bits per heavy atom. The molecule has 0 spiro atoms. The van der Waals surface area contributed by atoms with Gasteiger partial charge in [-0.2, -0.15) is 0 Å². The molecule has 1 heterocycles. The fourth-order valence-corrected chi connectivity index (χ4v) is 3.33. The Labute approximate surface area is 192 Å². The summed E-state index contributed by atoms with van der Waals surface area (Å²) in [5, 5.41) is 2.91. The van der Waals surface area contributed by atoms with Gasteiger partial charge in [0.15, 0.2) is 0 Å². The second kappa shape index (κ2) is 10.8. The van der Waals surface area contributed by atoms with Crippen molar-refractivity contribution in [2.45, 2.75) is 13.2 Å². The Bertz CT molecular complexity index is 1300. The van der Waals surface area contributed by atoms with E-state index in [0.29, 0.717) is 18.9 Å². The van der Waals surface area contributed by atoms with Crippen LogP contribution in [0, 0.1) is 0 Å². The van der Waals surface area contributed by atoms with Crippen molar-refractivity contribution < 1.29 is 9.53 Å². The van der Waals surface area contributed by atoms with Crippen molar-refractivity contribution >= 4 is 17.7 Å². The molecule has 0 bridgehead atoms. The summed E-state index contributed by atoms with van der Waals surface area (Å²) in [4.78, 5) is 25.6. The van der Waals surface area contributed by atoms with E-state index in [4.69, 9.17) is 4.74 Å². The van der Waals surface area contributed by atoms with Gasteiger partial charge in [-0.25, -0.2) is 0 Å². The average Bonchev–Trinajstić information content (AvgIpc) is 2.87. The van der Waals surface area contributed by atoms with Gasteiger partial charge in [0.1, 0.15) is 18.1 Å². The molecule has 4 aromatic rings. The van der Waals surface area contributed by atoms with Crippen LogP contribution >= 0.6 is 0 Å². The van der Waals surface area contributed by atoms with Gasteiger partial charge in [-0.15, -0.1) is 0 Å². The quantitative estimate of drug-likeness (QED) is 0.406. The van der Waals surface area contributed by atoms with Crippen LogP contribution in [0.4, 0.5) is 0 Å². The zero-order valence-electron chi connectivity index (χ0n) is 18.1. The molecule has 0 aliphatic heterocycles. The van der Waals surface area contributed by atoms with Crippen molar-refractivity contribution in [2.75, 3.05) is 0 Å². The number of amides is 1. The van der Waals surface area contributed by atoms with E-state index in [0.717, 1.165) is 16.7 Å². The van der Waals surface area contributed by atoms with Crippen LogP contribution in [0.5, 0.6) is 5.75 Å². The number of rotatable bonds is 8. The molecule has 0 atom stereocenters. The van der Waals surface area contributed by atoms with Crippen molar-refractivity contribution in [2.24, 2.45) is 0 Å². The molecule has 0 aliphatic carbocycles. The highest BCUT2D eigenvalue weighted by Gasteiger charge is 2.13. The van der Waals surface area contributed by atoms with Gasteiger partial charge in [0.05, 0.1) is 0 Å². The van der Waals surface area contributed by atoms with Gasteiger partial charge in [0, 0.05) is 18.8 Å². The minimum Gasteiger partial charge on any atom is -0.489 e. The number of nitrogens with zero attached hydrogens (tertiary/aromatic N) is 1. The van der Waals surface area contributed by atoms with E-state index in [-0.39, 0.29) is 17.2 Å². The standard InChI is InChI=1S/C28H24N2O3/c31-27-16-7-8-17-30(27)26(28(32)29-20-22-10-3-1-4-11-22)19-24-14-9-15-25(18-24)33-21-23-12-5-2-6-13-23/h1-19H,20-21H2,(H,29,32)/b26-19+. The highest BCUT2D eigenvalue weighted by Crippen LogP contribution is 2.19. The topological polar surface area (TPSA) is 60.3 Å². The molecular weight excluding hydrogens is 412 g/mol. The van der Waals surface area contributed by atoms with E-state index in [1.807, 2.05) is 84.9 Å². The minimum atomic E-state index is -0.345. The van der Waals surface area contributed by atoms with Crippen molar-refractivity contribution in [3.8, 4) is 5.75 Å². The maximum absolute atomic E-state index is 13.1. The molecule has 1 amide bonds. The Balaban J connectivity index is 1.58. The summed E-state index contributed by atoms with van der Waals surface area (Å²) in [7, 11) is 0. The molecule has 0 unspecified atom stereocenters. The Morgan fingerprint density at radius 1 is 0.818 bits per heavy atom. The lowest BCUT2D eigenvalue weighted by Crippen LogP contribution is -2.30. The van der Waals surface area contributed by atoms with Gasteiger partial charge in [-0.1, -0.05) is 78.9 Å². The molecular formula is C28H24N2O3. The number of aromatic nitrogens is 1. The number of hydrogen-bond donors (Lipinski definition) is 1. The van der Waals surface area contributed by atoms with Gasteiger partial charge in [-0.05, 0) is 41.0 Å². The molecule has 0 aliphatic rings. The summed E-state index contributed by atoms with van der Waals surface area (Å²) in [6, 6.07) is 31.8. The van der Waals surface area contributed by atoms with Crippen LogP contribution in [-0.4, -0.2) is 10.5 Å². The van der Waals surface area contributed by atoms with Gasteiger partial charge < -0.3 is 10.1 Å². The lowest BCUT2D eigenvalue weighted by Gasteiger charge is -2.12. The predicted molar refractivity (Wildman–Crippen MR) is 130 cm³/mol. The van der Waals surface area contributed by atoms with Crippen LogP contribution in [0.3, 0.4) is 0 Å². The van der Waals surface area contributed by atoms with E-state index in [1.54, 1.807) is 24.4 Å². The SMILES string of the molecule is O=C(NCc1ccccc1)/C(=C\c1cccc(OCc2ccccc2)c1)n1ccccc1=O. The summed E-state index contributed by atoms with van der Waals surface area (Å²) in [6.45, 7) is 0.801. The molecule has 4 rings (SSSR count). The summed E-state index contributed by atoms with van der Waals surface area (Å²) in [5.74, 6) is 0.333. The second-order valence-electron chi connectivity index (χ2n) is 7.45. The molecule has 5 nitrogen and oxygen atoms in total.